The number of benzene rings is 2. The Labute approximate surface area is 174 Å². The van der Waals surface area contributed by atoms with Crippen LogP contribution in [0.25, 0.3) is 10.9 Å². The van der Waals surface area contributed by atoms with E-state index in [1.807, 2.05) is 32.0 Å². The number of carbonyl (C=O) groups excluding carboxylic acids is 1. The molecule has 0 bridgehead atoms. The third-order valence-electron chi connectivity index (χ3n) is 4.63. The fourth-order valence-electron chi connectivity index (χ4n) is 3.17. The monoisotopic (exact) mass is 399 g/mol. The number of nitrogens with one attached hydrogen (secondary N) is 1. The topological polar surface area (TPSA) is 73.3 Å². The molecule has 0 unspecified atom stereocenters. The number of aromatic nitrogens is 2. The van der Waals surface area contributed by atoms with Crippen molar-refractivity contribution in [1.29, 1.82) is 0 Å². The Balaban J connectivity index is 1.64. The summed E-state index contributed by atoms with van der Waals surface area (Å²) < 4.78 is 11.0. The molecule has 30 heavy (non-hydrogen) atoms. The van der Waals surface area contributed by atoms with Crippen molar-refractivity contribution in [3.8, 4) is 17.4 Å². The molecule has 0 atom stereocenters. The van der Waals surface area contributed by atoms with Gasteiger partial charge in [0.2, 0.25) is 5.88 Å². The zero-order valence-corrected chi connectivity index (χ0v) is 17.0. The quantitative estimate of drug-likeness (QED) is 0.493. The Bertz CT molecular complexity index is 1220. The Morgan fingerprint density at radius 1 is 0.967 bits per heavy atom. The van der Waals surface area contributed by atoms with Gasteiger partial charge >= 0.3 is 0 Å². The Morgan fingerprint density at radius 2 is 1.73 bits per heavy atom. The lowest BCUT2D eigenvalue weighted by molar-refractivity contribution is 0.102. The second-order valence-corrected chi connectivity index (χ2v) is 6.92. The minimum atomic E-state index is -0.247. The molecule has 2 aromatic carbocycles. The fourth-order valence-corrected chi connectivity index (χ4v) is 3.17. The van der Waals surface area contributed by atoms with E-state index in [1.165, 1.54) is 0 Å². The van der Waals surface area contributed by atoms with Gasteiger partial charge in [0.1, 0.15) is 17.2 Å². The predicted molar refractivity (Wildman–Crippen MR) is 116 cm³/mol. The number of methoxy groups -OCH3 is 1. The van der Waals surface area contributed by atoms with Gasteiger partial charge in [0.25, 0.3) is 5.91 Å². The summed E-state index contributed by atoms with van der Waals surface area (Å²) in [4.78, 5) is 21.9. The molecule has 0 aliphatic rings. The fraction of sp³-hybridized carbons (Fsp3) is 0.125. The molecule has 2 aromatic heterocycles. The summed E-state index contributed by atoms with van der Waals surface area (Å²) in [5, 5.41) is 3.73. The standard InChI is InChI=1S/C24H21N3O3/c1-15-6-11-21-19(13-15)20(14-16(2)26-21)23(28)27-22-5-4-12-25-24(22)30-18-9-7-17(29-3)8-10-18/h4-14H,1-3H3,(H,27,28). The van der Waals surface area contributed by atoms with E-state index in [9.17, 15) is 4.79 Å². The summed E-state index contributed by atoms with van der Waals surface area (Å²) in [6.45, 7) is 3.86. The Hall–Kier alpha value is -3.93. The number of fused-ring (bicyclic) bond motifs is 1. The Morgan fingerprint density at radius 3 is 2.50 bits per heavy atom. The largest absolute Gasteiger partial charge is 0.497 e. The van der Waals surface area contributed by atoms with Crippen molar-refractivity contribution in [3.05, 3.63) is 83.7 Å². The van der Waals surface area contributed by atoms with Crippen LogP contribution in [0.1, 0.15) is 21.6 Å². The van der Waals surface area contributed by atoms with Crippen LogP contribution >= 0.6 is 0 Å². The van der Waals surface area contributed by atoms with E-state index >= 15 is 0 Å². The molecular weight excluding hydrogens is 378 g/mol. The SMILES string of the molecule is COc1ccc(Oc2ncccc2NC(=O)c2cc(C)nc3ccc(C)cc23)cc1. The van der Waals surface area contributed by atoms with Gasteiger partial charge in [-0.3, -0.25) is 9.78 Å². The van der Waals surface area contributed by atoms with E-state index in [0.29, 0.717) is 22.9 Å². The summed E-state index contributed by atoms with van der Waals surface area (Å²) in [7, 11) is 1.61. The molecule has 150 valence electrons. The van der Waals surface area contributed by atoms with Gasteiger partial charge in [-0.25, -0.2) is 4.98 Å². The summed E-state index contributed by atoms with van der Waals surface area (Å²) in [6.07, 6.45) is 1.61. The van der Waals surface area contributed by atoms with Gasteiger partial charge in [-0.15, -0.1) is 0 Å². The van der Waals surface area contributed by atoms with E-state index < -0.39 is 0 Å². The lowest BCUT2D eigenvalue weighted by Crippen LogP contribution is -2.14. The van der Waals surface area contributed by atoms with Crippen LogP contribution in [0, 0.1) is 13.8 Å². The highest BCUT2D eigenvalue weighted by Gasteiger charge is 2.15. The van der Waals surface area contributed by atoms with Gasteiger partial charge in [-0.05, 0) is 68.4 Å². The van der Waals surface area contributed by atoms with Gasteiger partial charge in [-0.2, -0.15) is 0 Å². The van der Waals surface area contributed by atoms with E-state index in [2.05, 4.69) is 15.3 Å². The molecule has 1 N–H and O–H groups in total. The van der Waals surface area contributed by atoms with Crippen molar-refractivity contribution in [1.82, 2.24) is 9.97 Å². The highest BCUT2D eigenvalue weighted by molar-refractivity contribution is 6.12. The number of ether oxygens (including phenoxy) is 2. The van der Waals surface area contributed by atoms with Crippen molar-refractivity contribution in [2.45, 2.75) is 13.8 Å². The van der Waals surface area contributed by atoms with E-state index in [0.717, 1.165) is 27.9 Å². The molecule has 0 fully saturated rings. The smallest absolute Gasteiger partial charge is 0.256 e. The van der Waals surface area contributed by atoms with Gasteiger partial charge in [0.05, 0.1) is 18.2 Å². The van der Waals surface area contributed by atoms with Crippen LogP contribution in [-0.4, -0.2) is 23.0 Å². The summed E-state index contributed by atoms with van der Waals surface area (Å²) in [6, 6.07) is 18.3. The summed E-state index contributed by atoms with van der Waals surface area (Å²) in [5.41, 5.74) is 3.66. The first-order valence-corrected chi connectivity index (χ1v) is 9.50. The number of aryl methyl sites for hydroxylation is 2. The molecule has 1 amide bonds. The maximum atomic E-state index is 13.1. The second-order valence-electron chi connectivity index (χ2n) is 6.92. The van der Waals surface area contributed by atoms with Gasteiger partial charge in [0, 0.05) is 17.3 Å². The molecule has 6 heteroatoms. The normalized spacial score (nSPS) is 10.6. The minimum absolute atomic E-state index is 0.247. The lowest BCUT2D eigenvalue weighted by Gasteiger charge is -2.13. The van der Waals surface area contributed by atoms with Gasteiger partial charge < -0.3 is 14.8 Å². The Kier molecular flexibility index (Phi) is 5.30. The van der Waals surface area contributed by atoms with Crippen molar-refractivity contribution in [3.63, 3.8) is 0 Å². The number of rotatable bonds is 5. The van der Waals surface area contributed by atoms with Crippen LogP contribution in [-0.2, 0) is 0 Å². The van der Waals surface area contributed by atoms with Crippen molar-refractivity contribution < 1.29 is 14.3 Å². The average Bonchev–Trinajstić information content (AvgIpc) is 2.75. The minimum Gasteiger partial charge on any atom is -0.497 e. The molecule has 6 nitrogen and oxygen atoms in total. The molecule has 0 saturated carbocycles. The number of hydrogen-bond donors (Lipinski definition) is 1. The second kappa shape index (κ2) is 8.21. The zero-order chi connectivity index (χ0) is 21.1. The predicted octanol–water partition coefficient (Wildman–Crippen LogP) is 5.30. The number of carbonyl (C=O) groups is 1. The average molecular weight is 399 g/mol. The number of anilines is 1. The maximum Gasteiger partial charge on any atom is 0.256 e. The van der Waals surface area contributed by atoms with Gasteiger partial charge in [-0.1, -0.05) is 11.6 Å². The molecule has 0 radical (unpaired) electrons. The van der Waals surface area contributed by atoms with Crippen LogP contribution in [0.4, 0.5) is 5.69 Å². The van der Waals surface area contributed by atoms with E-state index in [-0.39, 0.29) is 5.91 Å². The van der Waals surface area contributed by atoms with Crippen LogP contribution in [0.5, 0.6) is 17.4 Å². The third kappa shape index (κ3) is 4.07. The van der Waals surface area contributed by atoms with Crippen molar-refractivity contribution in [2.24, 2.45) is 0 Å². The van der Waals surface area contributed by atoms with Crippen molar-refractivity contribution in [2.75, 3.05) is 12.4 Å². The molecule has 4 aromatic rings. The van der Waals surface area contributed by atoms with Gasteiger partial charge in [0.15, 0.2) is 0 Å². The third-order valence-corrected chi connectivity index (χ3v) is 4.63. The number of amides is 1. The molecule has 0 aliphatic heterocycles. The summed E-state index contributed by atoms with van der Waals surface area (Å²) >= 11 is 0. The zero-order valence-electron chi connectivity index (χ0n) is 17.0. The first kappa shape index (κ1) is 19.4. The number of hydrogen-bond acceptors (Lipinski definition) is 5. The molecule has 0 saturated heterocycles. The lowest BCUT2D eigenvalue weighted by atomic mass is 10.0. The number of nitrogens with zero attached hydrogens (tertiary/aromatic N) is 2. The molecule has 2 heterocycles. The molecule has 0 spiro atoms. The van der Waals surface area contributed by atoms with Crippen LogP contribution < -0.4 is 14.8 Å². The molecule has 0 aliphatic carbocycles. The highest BCUT2D eigenvalue weighted by atomic mass is 16.5. The first-order valence-electron chi connectivity index (χ1n) is 9.50. The van der Waals surface area contributed by atoms with Crippen LogP contribution in [0.15, 0.2) is 66.9 Å². The van der Waals surface area contributed by atoms with Crippen molar-refractivity contribution >= 4 is 22.5 Å². The molecule has 4 rings (SSSR count). The maximum absolute atomic E-state index is 13.1. The van der Waals surface area contributed by atoms with E-state index in [1.54, 1.807) is 55.8 Å². The first-order chi connectivity index (χ1) is 14.5. The van der Waals surface area contributed by atoms with Crippen LogP contribution in [0.3, 0.4) is 0 Å². The van der Waals surface area contributed by atoms with Crippen LogP contribution in [0.2, 0.25) is 0 Å². The summed E-state index contributed by atoms with van der Waals surface area (Å²) in [5.74, 6) is 1.38. The molecular formula is C24H21N3O3. The number of pyridine rings is 2. The van der Waals surface area contributed by atoms with E-state index in [4.69, 9.17) is 9.47 Å². The highest BCUT2D eigenvalue weighted by Crippen LogP contribution is 2.29.